The number of aliphatic hydroxyl groups excluding tert-OH is 1. The Morgan fingerprint density at radius 2 is 1.57 bits per heavy atom. The van der Waals surface area contributed by atoms with Crippen molar-refractivity contribution in [1.82, 2.24) is 35.3 Å². The van der Waals surface area contributed by atoms with Crippen LogP contribution in [0.5, 0.6) is 0 Å². The maximum Gasteiger partial charge on any atom is 0.246 e. The number of benzene rings is 2. The molecule has 1 fully saturated rings. The SMILES string of the molecule is Cc1ncsc1-c1ccc(CNC(=O)[C@@H]2C[C@@H](O)CN2C(=O)C(NC(=O)COCCOCCOCCOCCCn2cc(-c3ccc4c(c3)CC/C4=N\O)c(-c3ccncc3)n2)C(C)(C)C)cc1. The zero-order valence-electron chi connectivity index (χ0n) is 39.2. The van der Waals surface area contributed by atoms with Gasteiger partial charge in [0.2, 0.25) is 17.7 Å². The second-order valence-corrected chi connectivity index (χ2v) is 18.9. The number of oxime groups is 1. The quantitative estimate of drug-likeness (QED) is 0.0367. The van der Waals surface area contributed by atoms with E-state index in [2.05, 4.69) is 44.1 Å². The van der Waals surface area contributed by atoms with Crippen molar-refractivity contribution in [3.63, 3.8) is 0 Å². The molecule has 0 spiro atoms. The van der Waals surface area contributed by atoms with Gasteiger partial charge >= 0.3 is 0 Å². The lowest BCUT2D eigenvalue weighted by Gasteiger charge is -2.35. The van der Waals surface area contributed by atoms with Crippen LogP contribution in [0.25, 0.3) is 32.8 Å². The van der Waals surface area contributed by atoms with Gasteiger partial charge in [-0.1, -0.05) is 68.4 Å². The number of pyridine rings is 1. The fraction of sp³-hybridized carbons (Fsp3) is 0.460. The number of nitrogens with zero attached hydrogens (tertiary/aromatic N) is 6. The Balaban J connectivity index is 0.751. The number of aryl methyl sites for hydroxylation is 3. The molecule has 0 bridgehead atoms. The number of nitrogens with one attached hydrogen (secondary N) is 2. The van der Waals surface area contributed by atoms with E-state index in [4.69, 9.17) is 24.0 Å². The number of β-amino-alcohol motifs (C(OH)–C–C–N with tert-alkyl or cyclic N) is 1. The van der Waals surface area contributed by atoms with Crippen molar-refractivity contribution in [3.8, 4) is 32.8 Å². The van der Waals surface area contributed by atoms with Gasteiger partial charge in [0, 0.05) is 67.9 Å². The largest absolute Gasteiger partial charge is 0.411 e. The standard InChI is InChI=1S/C50H62N8O9S/c1-33-46(68-32-53-33)36-8-6-34(7-9-36)28-52-48(61)43-27-39(59)29-58(43)49(62)47(50(2,3)4)54-44(60)31-67-25-24-66-23-22-65-21-20-64-19-5-18-57-30-41(45(55-57)35-14-16-51-17-15-35)38-10-12-40-37(26-38)11-13-42(40)56-63/h6-10,12,14-17,26,30,32,39,43,47,59,63H,5,11,13,18-25,27-29,31H2,1-4H3,(H,52,61)(H,54,60)/b56-42+/t39-,43+,47?/m1/s1. The number of aromatic nitrogens is 4. The summed E-state index contributed by atoms with van der Waals surface area (Å²) < 4.78 is 24.5. The van der Waals surface area contributed by atoms with Crippen LogP contribution in [0, 0.1) is 12.3 Å². The molecule has 4 heterocycles. The number of fused-ring (bicyclic) bond motifs is 1. The molecular weight excluding hydrogens is 889 g/mol. The molecule has 1 saturated heterocycles. The van der Waals surface area contributed by atoms with Crippen molar-refractivity contribution >= 4 is 34.8 Å². The second kappa shape index (κ2) is 23.9. The number of carbonyl (C=O) groups is 3. The number of hydrogen-bond donors (Lipinski definition) is 4. The van der Waals surface area contributed by atoms with Gasteiger partial charge < -0.3 is 44.8 Å². The van der Waals surface area contributed by atoms with Crippen LogP contribution in [0.3, 0.4) is 0 Å². The van der Waals surface area contributed by atoms with Gasteiger partial charge in [0.25, 0.3) is 0 Å². The number of aliphatic hydroxyl groups is 1. The molecule has 7 rings (SSSR count). The highest BCUT2D eigenvalue weighted by atomic mass is 32.1. The Morgan fingerprint density at radius 1 is 0.882 bits per heavy atom. The van der Waals surface area contributed by atoms with Crippen LogP contribution in [-0.4, -0.2) is 136 Å². The molecule has 3 amide bonds. The lowest BCUT2D eigenvalue weighted by molar-refractivity contribution is -0.144. The smallest absolute Gasteiger partial charge is 0.246 e. The Bertz CT molecular complexity index is 2490. The predicted molar refractivity (Wildman–Crippen MR) is 257 cm³/mol. The lowest BCUT2D eigenvalue weighted by atomic mass is 9.85. The average Bonchev–Trinajstić information content (AvgIpc) is 4.16. The van der Waals surface area contributed by atoms with E-state index in [0.717, 1.165) is 80.2 Å². The first-order valence-electron chi connectivity index (χ1n) is 23.1. The average molecular weight is 951 g/mol. The van der Waals surface area contributed by atoms with Crippen LogP contribution in [0.4, 0.5) is 0 Å². The monoisotopic (exact) mass is 950 g/mol. The second-order valence-electron chi connectivity index (χ2n) is 18.0. The van der Waals surface area contributed by atoms with Gasteiger partial charge in [-0.2, -0.15) is 5.10 Å². The minimum atomic E-state index is -0.962. The van der Waals surface area contributed by atoms with Gasteiger partial charge in [-0.3, -0.25) is 24.0 Å². The van der Waals surface area contributed by atoms with Crippen LogP contribution in [0.1, 0.15) is 62.4 Å². The van der Waals surface area contributed by atoms with Crippen LogP contribution >= 0.6 is 11.3 Å². The van der Waals surface area contributed by atoms with Gasteiger partial charge in [0.15, 0.2) is 0 Å². The molecule has 0 radical (unpaired) electrons. The third-order valence-corrected chi connectivity index (χ3v) is 12.9. The van der Waals surface area contributed by atoms with Crippen molar-refractivity contribution in [2.75, 3.05) is 59.4 Å². The van der Waals surface area contributed by atoms with Gasteiger partial charge in [-0.05, 0) is 66.0 Å². The summed E-state index contributed by atoms with van der Waals surface area (Å²) in [5.74, 6) is -1.29. The van der Waals surface area contributed by atoms with E-state index in [9.17, 15) is 24.7 Å². The van der Waals surface area contributed by atoms with Crippen LogP contribution < -0.4 is 10.6 Å². The molecule has 68 heavy (non-hydrogen) atoms. The van der Waals surface area contributed by atoms with Crippen molar-refractivity contribution in [2.45, 2.75) is 84.7 Å². The maximum absolute atomic E-state index is 13.9. The number of carbonyl (C=O) groups excluding carboxylic acids is 3. The summed E-state index contributed by atoms with van der Waals surface area (Å²) in [5, 5.41) is 34.0. The number of thiazole rings is 1. The molecule has 17 nitrogen and oxygen atoms in total. The van der Waals surface area contributed by atoms with Crippen LogP contribution in [-0.2, 0) is 52.8 Å². The molecule has 18 heteroatoms. The first-order chi connectivity index (χ1) is 32.9. The van der Waals surface area contributed by atoms with Gasteiger partial charge in [-0.15, -0.1) is 11.3 Å². The van der Waals surface area contributed by atoms with Gasteiger partial charge in [0.05, 0.1) is 67.5 Å². The van der Waals surface area contributed by atoms with Crippen LogP contribution in [0.2, 0.25) is 0 Å². The topological polar surface area (TPSA) is 212 Å². The van der Waals surface area contributed by atoms with Crippen LogP contribution in [0.15, 0.2) is 83.9 Å². The molecule has 1 aliphatic heterocycles. The third-order valence-electron chi connectivity index (χ3n) is 11.9. The summed E-state index contributed by atoms with van der Waals surface area (Å²) in [7, 11) is 0. The van der Waals surface area contributed by atoms with Gasteiger partial charge in [0.1, 0.15) is 24.4 Å². The minimum absolute atomic E-state index is 0.0146. The molecule has 4 N–H and O–H groups in total. The lowest BCUT2D eigenvalue weighted by Crippen LogP contribution is -2.58. The van der Waals surface area contributed by atoms with Crippen molar-refractivity contribution < 1.29 is 43.6 Å². The summed E-state index contributed by atoms with van der Waals surface area (Å²) >= 11 is 1.57. The molecule has 0 saturated carbocycles. The molecule has 362 valence electrons. The predicted octanol–water partition coefficient (Wildman–Crippen LogP) is 5.43. The van der Waals surface area contributed by atoms with E-state index in [0.29, 0.717) is 39.6 Å². The summed E-state index contributed by atoms with van der Waals surface area (Å²) in [5.41, 5.74) is 10.9. The molecule has 1 aliphatic carbocycles. The van der Waals surface area contributed by atoms with Gasteiger partial charge in [-0.25, -0.2) is 4.98 Å². The number of likely N-dealkylation sites (tertiary alicyclic amines) is 1. The Hall–Kier alpha value is -5.89. The number of hydrogen-bond acceptors (Lipinski definition) is 14. The van der Waals surface area contributed by atoms with E-state index < -0.39 is 35.4 Å². The highest BCUT2D eigenvalue weighted by Crippen LogP contribution is 2.35. The van der Waals surface area contributed by atoms with Crippen molar-refractivity contribution in [3.05, 3.63) is 101 Å². The highest BCUT2D eigenvalue weighted by molar-refractivity contribution is 7.13. The molecule has 2 aliphatic rings. The molecule has 5 aromatic rings. The summed E-state index contributed by atoms with van der Waals surface area (Å²) in [6.45, 7) is 10.6. The minimum Gasteiger partial charge on any atom is -0.411 e. The highest BCUT2D eigenvalue weighted by Gasteiger charge is 2.44. The first-order valence-corrected chi connectivity index (χ1v) is 24.0. The van der Waals surface area contributed by atoms with E-state index >= 15 is 0 Å². The zero-order chi connectivity index (χ0) is 48.0. The van der Waals surface area contributed by atoms with E-state index in [1.165, 1.54) is 4.90 Å². The fourth-order valence-electron chi connectivity index (χ4n) is 8.35. The normalized spacial score (nSPS) is 16.8. The summed E-state index contributed by atoms with van der Waals surface area (Å²) in [4.78, 5) is 51.3. The Labute approximate surface area is 400 Å². The number of amides is 3. The maximum atomic E-state index is 13.9. The Morgan fingerprint density at radius 3 is 2.25 bits per heavy atom. The molecule has 3 atom stereocenters. The fourth-order valence-corrected chi connectivity index (χ4v) is 9.16. The van der Waals surface area contributed by atoms with E-state index in [1.54, 1.807) is 23.7 Å². The molecular formula is C50H62N8O9S. The number of rotatable bonds is 23. The van der Waals surface area contributed by atoms with E-state index in [1.807, 2.05) is 80.4 Å². The first kappa shape index (κ1) is 50.0. The summed E-state index contributed by atoms with van der Waals surface area (Å²) in [6.07, 6.45) is 7.15. The van der Waals surface area contributed by atoms with Crippen molar-refractivity contribution in [1.29, 1.82) is 0 Å². The Kier molecular flexibility index (Phi) is 17.6. The molecule has 2 aromatic carbocycles. The summed E-state index contributed by atoms with van der Waals surface area (Å²) in [6, 6.07) is 16.2. The number of ether oxygens (including phenoxy) is 4. The van der Waals surface area contributed by atoms with E-state index in [-0.39, 0.29) is 45.2 Å². The van der Waals surface area contributed by atoms with Crippen molar-refractivity contribution in [2.24, 2.45) is 10.6 Å². The zero-order valence-corrected chi connectivity index (χ0v) is 40.0. The third kappa shape index (κ3) is 13.2. The molecule has 1 unspecified atom stereocenters. The molecule has 3 aromatic heterocycles.